The molecule has 0 atom stereocenters. The maximum absolute atomic E-state index is 8.91. The van der Waals surface area contributed by atoms with Crippen molar-refractivity contribution in [3.05, 3.63) is 0 Å². The number of nitrogens with zero attached hydrogens (tertiary/aromatic N) is 1. The topological polar surface area (TPSA) is 87.0 Å². The SMILES string of the molecule is CN(C)C.[K+].[O-][Si](O)(O)O. The second-order valence-electron chi connectivity index (χ2n) is 1.92. The van der Waals surface area contributed by atoms with Gasteiger partial charge in [-0.3, -0.25) is 0 Å². The van der Waals surface area contributed by atoms with E-state index >= 15 is 0 Å². The molecule has 0 saturated carbocycles. The molecule has 0 aromatic carbocycles. The molecular weight excluding hydrogens is 181 g/mol. The maximum atomic E-state index is 8.91. The van der Waals surface area contributed by atoms with Crippen molar-refractivity contribution >= 4 is 9.05 Å². The molecule has 0 aromatic heterocycles. The Hall–Kier alpha value is 1.65. The van der Waals surface area contributed by atoms with Crippen LogP contribution in [-0.4, -0.2) is 49.5 Å². The molecule has 0 radical (unpaired) electrons. The molecule has 7 heteroatoms. The summed E-state index contributed by atoms with van der Waals surface area (Å²) in [6.45, 7) is 0. The minimum absolute atomic E-state index is 0. The van der Waals surface area contributed by atoms with Crippen LogP contribution < -0.4 is 56.2 Å². The predicted octanol–water partition coefficient (Wildman–Crippen LogP) is -6.06. The zero-order valence-electron chi connectivity index (χ0n) is 6.70. The normalized spacial score (nSPS) is 9.60. The molecule has 3 N–H and O–H groups in total. The van der Waals surface area contributed by atoms with E-state index in [0.29, 0.717) is 0 Å². The van der Waals surface area contributed by atoms with Crippen LogP contribution in [0.2, 0.25) is 0 Å². The Kier molecular flexibility index (Phi) is 15.4. The molecular formula is C3H12KNO4Si. The Balaban J connectivity index is -0.0000000910. The standard InChI is InChI=1S/C3H9N.K.H3O4Si/c1-4(2)3;;1-5(2,3)4/h1-3H3;;1-3H/q;+1;-1. The van der Waals surface area contributed by atoms with Crippen LogP contribution in [0.15, 0.2) is 0 Å². The van der Waals surface area contributed by atoms with E-state index in [-0.39, 0.29) is 51.4 Å². The minimum atomic E-state index is -4.86. The third-order valence-electron chi connectivity index (χ3n) is 0. The van der Waals surface area contributed by atoms with Crippen molar-refractivity contribution < 1.29 is 70.6 Å². The molecule has 0 heterocycles. The summed E-state index contributed by atoms with van der Waals surface area (Å²) in [6, 6.07) is 0. The molecule has 5 nitrogen and oxygen atoms in total. The summed E-state index contributed by atoms with van der Waals surface area (Å²) in [4.78, 5) is 32.6. The van der Waals surface area contributed by atoms with Gasteiger partial charge in [-0.05, 0) is 21.1 Å². The van der Waals surface area contributed by atoms with E-state index in [4.69, 9.17) is 19.2 Å². The van der Waals surface area contributed by atoms with E-state index in [1.165, 1.54) is 0 Å². The molecule has 0 aliphatic heterocycles. The maximum Gasteiger partial charge on any atom is 1.00 e. The average molecular weight is 193 g/mol. The fourth-order valence-electron chi connectivity index (χ4n) is 0. The zero-order chi connectivity index (χ0) is 8.08. The Morgan fingerprint density at radius 1 is 1.10 bits per heavy atom. The molecule has 0 amide bonds. The van der Waals surface area contributed by atoms with Crippen LogP contribution in [0.25, 0.3) is 0 Å². The molecule has 0 aliphatic carbocycles. The third kappa shape index (κ3) is 264. The summed E-state index contributed by atoms with van der Waals surface area (Å²) < 4.78 is 0. The van der Waals surface area contributed by atoms with Gasteiger partial charge in [0.25, 0.3) is 0 Å². The predicted molar refractivity (Wildman–Crippen MR) is 32.0 cm³/mol. The molecule has 0 unspecified atom stereocenters. The Labute approximate surface area is 104 Å². The van der Waals surface area contributed by atoms with E-state index in [9.17, 15) is 0 Å². The van der Waals surface area contributed by atoms with Gasteiger partial charge < -0.3 is 24.1 Å². The number of rotatable bonds is 0. The van der Waals surface area contributed by atoms with Crippen molar-refractivity contribution in [2.45, 2.75) is 0 Å². The first-order valence-corrected chi connectivity index (χ1v) is 3.97. The Morgan fingerprint density at radius 2 is 1.10 bits per heavy atom. The van der Waals surface area contributed by atoms with Gasteiger partial charge in [-0.15, -0.1) is 0 Å². The van der Waals surface area contributed by atoms with Gasteiger partial charge in [0, 0.05) is 0 Å². The monoisotopic (exact) mass is 193 g/mol. The Bertz CT molecular complexity index is 57.3. The zero-order valence-corrected chi connectivity index (χ0v) is 10.8. The van der Waals surface area contributed by atoms with Crippen LogP contribution in [0.5, 0.6) is 0 Å². The second kappa shape index (κ2) is 8.75. The average Bonchev–Trinajstić information content (AvgIpc) is 1.19. The quantitative estimate of drug-likeness (QED) is 0.333. The van der Waals surface area contributed by atoms with Crippen LogP contribution >= 0.6 is 0 Å². The molecule has 0 bridgehead atoms. The van der Waals surface area contributed by atoms with Crippen LogP contribution in [0, 0.1) is 0 Å². The van der Waals surface area contributed by atoms with Crippen molar-refractivity contribution in [1.29, 1.82) is 0 Å². The smallest absolute Gasteiger partial charge is 0.794 e. The summed E-state index contributed by atoms with van der Waals surface area (Å²) in [6.07, 6.45) is 0. The van der Waals surface area contributed by atoms with Crippen molar-refractivity contribution in [2.75, 3.05) is 21.1 Å². The van der Waals surface area contributed by atoms with Crippen LogP contribution in [0.1, 0.15) is 0 Å². The van der Waals surface area contributed by atoms with Crippen molar-refractivity contribution in [2.24, 2.45) is 0 Å². The van der Waals surface area contributed by atoms with Gasteiger partial charge in [-0.1, -0.05) is 0 Å². The summed E-state index contributed by atoms with van der Waals surface area (Å²) in [5, 5.41) is 0. The molecule has 0 saturated heterocycles. The molecule has 58 valence electrons. The van der Waals surface area contributed by atoms with Crippen LogP contribution in [0.3, 0.4) is 0 Å². The summed E-state index contributed by atoms with van der Waals surface area (Å²) in [5.41, 5.74) is 0. The van der Waals surface area contributed by atoms with Gasteiger partial charge in [0.1, 0.15) is 0 Å². The number of hydrogen-bond acceptors (Lipinski definition) is 5. The van der Waals surface area contributed by atoms with E-state index in [1.54, 1.807) is 0 Å². The van der Waals surface area contributed by atoms with Gasteiger partial charge in [0.15, 0.2) is 0 Å². The third-order valence-corrected chi connectivity index (χ3v) is 0. The van der Waals surface area contributed by atoms with Gasteiger partial charge in [-0.25, -0.2) is 0 Å². The molecule has 0 aliphatic rings. The first-order chi connectivity index (χ1) is 3.73. The van der Waals surface area contributed by atoms with Crippen LogP contribution in [-0.2, 0) is 0 Å². The van der Waals surface area contributed by atoms with E-state index in [1.807, 2.05) is 26.0 Å². The molecule has 0 aromatic rings. The van der Waals surface area contributed by atoms with E-state index in [2.05, 4.69) is 0 Å². The Morgan fingerprint density at radius 3 is 1.10 bits per heavy atom. The molecule has 0 spiro atoms. The summed E-state index contributed by atoms with van der Waals surface area (Å²) in [5.74, 6) is 0. The summed E-state index contributed by atoms with van der Waals surface area (Å²) >= 11 is 0. The van der Waals surface area contributed by atoms with Gasteiger partial charge >= 0.3 is 60.4 Å². The second-order valence-corrected chi connectivity index (χ2v) is 3.06. The minimum Gasteiger partial charge on any atom is -0.794 e. The largest absolute Gasteiger partial charge is 1.00 e. The van der Waals surface area contributed by atoms with Crippen LogP contribution in [0.4, 0.5) is 0 Å². The fourth-order valence-corrected chi connectivity index (χ4v) is 0. The van der Waals surface area contributed by atoms with Gasteiger partial charge in [0.2, 0.25) is 0 Å². The van der Waals surface area contributed by atoms with Crippen molar-refractivity contribution in [1.82, 2.24) is 4.90 Å². The summed E-state index contributed by atoms with van der Waals surface area (Å²) in [7, 11) is 1.14. The van der Waals surface area contributed by atoms with Gasteiger partial charge in [0.05, 0.1) is 0 Å². The van der Waals surface area contributed by atoms with Crippen molar-refractivity contribution in [3.63, 3.8) is 0 Å². The number of hydrogen-bond donors (Lipinski definition) is 3. The first kappa shape index (κ1) is 17.7. The molecule has 0 fully saturated rings. The molecule has 10 heavy (non-hydrogen) atoms. The van der Waals surface area contributed by atoms with E-state index in [0.717, 1.165) is 0 Å². The molecule has 0 rings (SSSR count). The first-order valence-electron chi connectivity index (χ1n) is 2.22. The van der Waals surface area contributed by atoms with Gasteiger partial charge in [-0.2, -0.15) is 0 Å². The fraction of sp³-hybridized carbons (Fsp3) is 1.00. The van der Waals surface area contributed by atoms with Crippen molar-refractivity contribution in [3.8, 4) is 0 Å². The van der Waals surface area contributed by atoms with E-state index < -0.39 is 9.05 Å².